The smallest absolute Gasteiger partial charge is 0.179 e. The van der Waals surface area contributed by atoms with Gasteiger partial charge in [-0.15, -0.1) is 0 Å². The van der Waals surface area contributed by atoms with Gasteiger partial charge in [0, 0.05) is 12.7 Å². The van der Waals surface area contributed by atoms with E-state index in [1.165, 1.54) is 32.1 Å². The first-order chi connectivity index (χ1) is 9.60. The van der Waals surface area contributed by atoms with Gasteiger partial charge in [-0.3, -0.25) is 0 Å². The number of aromatic amines is 1. The highest BCUT2D eigenvalue weighted by Gasteiger charge is 2.35. The molecule has 3 rings (SSSR count). The number of pyridine rings is 1. The number of hydrogen-bond donors (Lipinski definition) is 1. The lowest BCUT2D eigenvalue weighted by Crippen LogP contribution is -2.25. The van der Waals surface area contributed by atoms with E-state index in [0.29, 0.717) is 5.41 Å². The van der Waals surface area contributed by atoms with E-state index in [1.54, 1.807) is 0 Å². The van der Waals surface area contributed by atoms with E-state index in [1.807, 2.05) is 12.3 Å². The molecule has 0 spiro atoms. The van der Waals surface area contributed by atoms with Gasteiger partial charge in [0.25, 0.3) is 0 Å². The molecule has 20 heavy (non-hydrogen) atoms. The summed E-state index contributed by atoms with van der Waals surface area (Å²) in [5, 5.41) is 0. The van der Waals surface area contributed by atoms with Crippen LogP contribution in [0.4, 0.5) is 0 Å². The van der Waals surface area contributed by atoms with Gasteiger partial charge in [0.2, 0.25) is 0 Å². The first-order valence-corrected chi connectivity index (χ1v) is 8.04. The van der Waals surface area contributed by atoms with Gasteiger partial charge in [0.1, 0.15) is 0 Å². The Bertz CT molecular complexity index is 647. The molecule has 0 unspecified atom stereocenters. The number of hydrogen-bond acceptors (Lipinski definition) is 2. The maximum atomic E-state index is 5.52. The maximum absolute atomic E-state index is 5.52. The fourth-order valence-electron chi connectivity index (χ4n) is 3.89. The summed E-state index contributed by atoms with van der Waals surface area (Å²) in [6.45, 7) is 5.67. The van der Waals surface area contributed by atoms with E-state index in [-0.39, 0.29) is 0 Å². The molecule has 0 aliphatic heterocycles. The van der Waals surface area contributed by atoms with Crippen LogP contribution in [-0.2, 0) is 6.54 Å². The second kappa shape index (κ2) is 5.32. The van der Waals surface area contributed by atoms with Gasteiger partial charge < -0.3 is 9.55 Å². The van der Waals surface area contributed by atoms with Crippen LogP contribution in [0.25, 0.3) is 11.2 Å². The summed E-state index contributed by atoms with van der Waals surface area (Å²) < 4.78 is 3.03. The Hall–Kier alpha value is -1.16. The highest BCUT2D eigenvalue weighted by molar-refractivity contribution is 7.71. The van der Waals surface area contributed by atoms with Gasteiger partial charge in [-0.1, -0.05) is 26.7 Å². The van der Waals surface area contributed by atoms with E-state index in [9.17, 15) is 0 Å². The second-order valence-corrected chi connectivity index (χ2v) is 7.08. The Kier molecular flexibility index (Phi) is 3.67. The molecular weight excluding hydrogens is 266 g/mol. The zero-order valence-corrected chi connectivity index (χ0v) is 13.2. The van der Waals surface area contributed by atoms with E-state index < -0.39 is 0 Å². The lowest BCUT2D eigenvalue weighted by molar-refractivity contribution is 0.198. The average Bonchev–Trinajstić information content (AvgIpc) is 2.96. The minimum atomic E-state index is 0.416. The van der Waals surface area contributed by atoms with Gasteiger partial charge >= 0.3 is 0 Å². The lowest BCUT2D eigenvalue weighted by atomic mass is 9.78. The molecule has 1 N–H and O–H groups in total. The van der Waals surface area contributed by atoms with Crippen LogP contribution in [0.15, 0.2) is 18.3 Å². The Morgan fingerprint density at radius 3 is 2.85 bits per heavy atom. The Balaban J connectivity index is 1.98. The van der Waals surface area contributed by atoms with Crippen molar-refractivity contribution in [2.75, 3.05) is 0 Å². The van der Waals surface area contributed by atoms with Crippen molar-refractivity contribution in [2.24, 2.45) is 11.3 Å². The fraction of sp³-hybridized carbons (Fsp3) is 0.625. The zero-order chi connectivity index (χ0) is 14.2. The SMILES string of the molecule is CC(C)CC1(Cn2c(=S)[nH]c3cccnc32)CCCC1. The summed E-state index contributed by atoms with van der Waals surface area (Å²) in [5.41, 5.74) is 2.47. The molecule has 1 aliphatic rings. The molecule has 1 fully saturated rings. The zero-order valence-electron chi connectivity index (χ0n) is 12.4. The fourth-order valence-corrected chi connectivity index (χ4v) is 4.15. The first-order valence-electron chi connectivity index (χ1n) is 7.63. The highest BCUT2D eigenvalue weighted by Crippen LogP contribution is 2.44. The van der Waals surface area contributed by atoms with Crippen LogP contribution in [0.2, 0.25) is 0 Å². The number of H-pyrrole nitrogens is 1. The lowest BCUT2D eigenvalue weighted by Gasteiger charge is -2.31. The largest absolute Gasteiger partial charge is 0.329 e. The molecule has 2 aromatic heterocycles. The van der Waals surface area contributed by atoms with Crippen LogP contribution in [0.1, 0.15) is 46.0 Å². The summed E-state index contributed by atoms with van der Waals surface area (Å²) >= 11 is 5.52. The third-order valence-corrected chi connectivity index (χ3v) is 4.85. The van der Waals surface area contributed by atoms with Gasteiger partial charge in [0.05, 0.1) is 5.52 Å². The summed E-state index contributed by atoms with van der Waals surface area (Å²) in [7, 11) is 0. The Labute approximate surface area is 125 Å². The first kappa shape index (κ1) is 13.8. The summed E-state index contributed by atoms with van der Waals surface area (Å²) in [6.07, 6.45) is 8.50. The number of nitrogens with zero attached hydrogens (tertiary/aromatic N) is 2. The summed E-state index contributed by atoms with van der Waals surface area (Å²) in [4.78, 5) is 7.81. The number of imidazole rings is 1. The van der Waals surface area contributed by atoms with Crippen molar-refractivity contribution in [1.82, 2.24) is 14.5 Å². The van der Waals surface area contributed by atoms with Crippen molar-refractivity contribution < 1.29 is 0 Å². The maximum Gasteiger partial charge on any atom is 0.179 e. The Morgan fingerprint density at radius 1 is 1.40 bits per heavy atom. The molecule has 2 aromatic rings. The van der Waals surface area contributed by atoms with Crippen LogP contribution >= 0.6 is 12.2 Å². The van der Waals surface area contributed by atoms with Gasteiger partial charge in [0.15, 0.2) is 10.4 Å². The molecule has 1 saturated carbocycles. The number of nitrogens with one attached hydrogen (secondary N) is 1. The van der Waals surface area contributed by atoms with E-state index in [2.05, 4.69) is 34.4 Å². The molecule has 0 saturated heterocycles. The third kappa shape index (κ3) is 2.53. The van der Waals surface area contributed by atoms with Crippen molar-refractivity contribution in [1.29, 1.82) is 0 Å². The standard InChI is InChI=1S/C16H23N3S/c1-12(2)10-16(7-3-4-8-16)11-19-14-13(18-15(19)20)6-5-9-17-14/h5-6,9,12H,3-4,7-8,10-11H2,1-2H3,(H,18,20). The normalized spacial score (nSPS) is 18.1. The molecule has 0 atom stereocenters. The predicted molar refractivity (Wildman–Crippen MR) is 85.3 cm³/mol. The van der Waals surface area contributed by atoms with E-state index in [0.717, 1.165) is 28.4 Å². The Morgan fingerprint density at radius 2 is 2.15 bits per heavy atom. The van der Waals surface area contributed by atoms with Gasteiger partial charge in [-0.2, -0.15) is 0 Å². The van der Waals surface area contributed by atoms with Crippen molar-refractivity contribution in [3.8, 4) is 0 Å². The molecule has 3 nitrogen and oxygen atoms in total. The predicted octanol–water partition coefficient (Wildman–Crippen LogP) is 4.70. The molecular formula is C16H23N3S. The molecule has 0 bridgehead atoms. The van der Waals surface area contributed by atoms with Crippen LogP contribution in [0.3, 0.4) is 0 Å². The van der Waals surface area contributed by atoms with Gasteiger partial charge in [-0.05, 0) is 54.9 Å². The molecule has 1 aliphatic carbocycles. The number of rotatable bonds is 4. The molecule has 0 radical (unpaired) electrons. The van der Waals surface area contributed by atoms with Crippen molar-refractivity contribution in [3.63, 3.8) is 0 Å². The minimum absolute atomic E-state index is 0.416. The van der Waals surface area contributed by atoms with Gasteiger partial charge in [-0.25, -0.2) is 4.98 Å². The average molecular weight is 289 g/mol. The van der Waals surface area contributed by atoms with Crippen LogP contribution < -0.4 is 0 Å². The van der Waals surface area contributed by atoms with Crippen molar-refractivity contribution in [2.45, 2.75) is 52.5 Å². The number of aromatic nitrogens is 3. The summed E-state index contributed by atoms with van der Waals surface area (Å²) in [6, 6.07) is 4.01. The minimum Gasteiger partial charge on any atom is -0.329 e. The monoisotopic (exact) mass is 289 g/mol. The molecule has 0 amide bonds. The van der Waals surface area contributed by atoms with Crippen molar-refractivity contribution in [3.05, 3.63) is 23.1 Å². The third-order valence-electron chi connectivity index (χ3n) is 4.53. The molecule has 0 aromatic carbocycles. The van der Waals surface area contributed by atoms with Crippen LogP contribution in [0, 0.1) is 16.1 Å². The van der Waals surface area contributed by atoms with Crippen LogP contribution in [0.5, 0.6) is 0 Å². The molecule has 4 heteroatoms. The topological polar surface area (TPSA) is 33.6 Å². The van der Waals surface area contributed by atoms with E-state index in [4.69, 9.17) is 12.2 Å². The quantitative estimate of drug-likeness (QED) is 0.828. The number of fused-ring (bicyclic) bond motifs is 1. The molecule has 108 valence electrons. The van der Waals surface area contributed by atoms with Crippen molar-refractivity contribution >= 4 is 23.4 Å². The van der Waals surface area contributed by atoms with Crippen LogP contribution in [-0.4, -0.2) is 14.5 Å². The molecule has 2 heterocycles. The summed E-state index contributed by atoms with van der Waals surface area (Å²) in [5.74, 6) is 0.737. The van der Waals surface area contributed by atoms with E-state index >= 15 is 0 Å². The highest BCUT2D eigenvalue weighted by atomic mass is 32.1. The second-order valence-electron chi connectivity index (χ2n) is 6.70.